The van der Waals surface area contributed by atoms with Crippen LogP contribution in [0.3, 0.4) is 0 Å². The van der Waals surface area contributed by atoms with E-state index in [-0.39, 0.29) is 11.7 Å². The molecule has 0 saturated carbocycles. The van der Waals surface area contributed by atoms with Crippen molar-refractivity contribution in [3.63, 3.8) is 0 Å². The number of nitrogens with two attached hydrogens (primary N) is 1. The fraction of sp³-hybridized carbons (Fsp3) is 0.167. The maximum absolute atomic E-state index is 10.7. The molecule has 0 fully saturated rings. The van der Waals surface area contributed by atoms with Gasteiger partial charge in [-0.3, -0.25) is 4.79 Å². The van der Waals surface area contributed by atoms with Gasteiger partial charge in [-0.05, 0) is 24.6 Å². The molecule has 1 aromatic carbocycles. The average Bonchev–Trinajstić information content (AvgIpc) is 2.26. The first kappa shape index (κ1) is 11.0. The second-order valence-corrected chi connectivity index (χ2v) is 4.55. The molecule has 0 aliphatic rings. The molecule has 1 heterocycles. The molecule has 0 saturated heterocycles. The number of aryl methyl sites for hydroxylation is 1. The Bertz CT molecular complexity index is 540. The molecule has 0 radical (unpaired) electrons. The highest BCUT2D eigenvalue weighted by atomic mass is 32.2. The van der Waals surface area contributed by atoms with Gasteiger partial charge < -0.3 is 5.73 Å². The smallest absolute Gasteiger partial charge is 0.227 e. The van der Waals surface area contributed by atoms with E-state index < -0.39 is 0 Å². The van der Waals surface area contributed by atoms with Gasteiger partial charge in [0.1, 0.15) is 0 Å². The van der Waals surface area contributed by atoms with Crippen molar-refractivity contribution in [3.8, 4) is 0 Å². The van der Waals surface area contributed by atoms with Crippen molar-refractivity contribution in [2.45, 2.75) is 11.9 Å². The fourth-order valence-electron chi connectivity index (χ4n) is 1.54. The normalized spacial score (nSPS) is 10.6. The van der Waals surface area contributed by atoms with Crippen LogP contribution in [0.5, 0.6) is 0 Å². The lowest BCUT2D eigenvalue weighted by Gasteiger charge is -2.04. The van der Waals surface area contributed by atoms with Crippen LogP contribution in [-0.2, 0) is 4.79 Å². The van der Waals surface area contributed by atoms with Crippen LogP contribution in [0, 0.1) is 6.92 Å². The van der Waals surface area contributed by atoms with Gasteiger partial charge in [0.2, 0.25) is 5.91 Å². The van der Waals surface area contributed by atoms with E-state index >= 15 is 0 Å². The molecule has 0 bridgehead atoms. The maximum atomic E-state index is 10.7. The molecule has 0 spiro atoms. The van der Waals surface area contributed by atoms with Gasteiger partial charge >= 0.3 is 0 Å². The summed E-state index contributed by atoms with van der Waals surface area (Å²) in [4.78, 5) is 15.2. The number of para-hydroxylation sites is 1. The number of primary amides is 1. The highest BCUT2D eigenvalue weighted by molar-refractivity contribution is 7.99. The van der Waals surface area contributed by atoms with E-state index in [2.05, 4.69) is 4.98 Å². The second kappa shape index (κ2) is 4.53. The Labute approximate surface area is 98.1 Å². The number of rotatable bonds is 3. The molecular weight excluding hydrogens is 220 g/mol. The van der Waals surface area contributed by atoms with Crippen LogP contribution in [0.15, 0.2) is 35.4 Å². The predicted octanol–water partition coefficient (Wildman–Crippen LogP) is 2.12. The minimum Gasteiger partial charge on any atom is -0.369 e. The molecular formula is C12H12N2OS. The minimum atomic E-state index is -0.322. The summed E-state index contributed by atoms with van der Waals surface area (Å²) in [5.74, 6) is -0.0530. The quantitative estimate of drug-likeness (QED) is 0.825. The van der Waals surface area contributed by atoms with Crippen molar-refractivity contribution >= 4 is 28.6 Å². The number of hydrogen-bond acceptors (Lipinski definition) is 3. The summed E-state index contributed by atoms with van der Waals surface area (Å²) in [6, 6.07) is 9.94. The fourth-order valence-corrected chi connectivity index (χ4v) is 2.25. The number of carbonyl (C=O) groups excluding carboxylic acids is 1. The third kappa shape index (κ3) is 2.33. The lowest BCUT2D eigenvalue weighted by atomic mass is 10.1. The molecule has 2 N–H and O–H groups in total. The highest BCUT2D eigenvalue weighted by Crippen LogP contribution is 2.23. The van der Waals surface area contributed by atoms with Crippen LogP contribution in [0.2, 0.25) is 0 Å². The van der Waals surface area contributed by atoms with Gasteiger partial charge in [0.05, 0.1) is 16.3 Å². The Hall–Kier alpha value is -1.55. The summed E-state index contributed by atoms with van der Waals surface area (Å²) < 4.78 is 0. The molecule has 4 heteroatoms. The van der Waals surface area contributed by atoms with E-state index in [0.717, 1.165) is 21.5 Å². The summed E-state index contributed by atoms with van der Waals surface area (Å²) >= 11 is 1.37. The standard InChI is InChI=1S/C12H12N2OS/c1-8-6-12(16-7-11(13)15)14-10-5-3-2-4-9(8)10/h2-6H,7H2,1H3,(H2,13,15). The molecule has 2 rings (SSSR count). The topological polar surface area (TPSA) is 56.0 Å². The summed E-state index contributed by atoms with van der Waals surface area (Å²) in [5, 5.41) is 1.99. The molecule has 2 aromatic rings. The number of pyridine rings is 1. The first-order chi connectivity index (χ1) is 7.66. The lowest BCUT2D eigenvalue weighted by molar-refractivity contribution is -0.115. The largest absolute Gasteiger partial charge is 0.369 e. The van der Waals surface area contributed by atoms with Crippen LogP contribution in [-0.4, -0.2) is 16.6 Å². The third-order valence-corrected chi connectivity index (χ3v) is 3.20. The Kier molecular flexibility index (Phi) is 3.10. The molecule has 82 valence electrons. The SMILES string of the molecule is Cc1cc(SCC(N)=O)nc2ccccc12. The Morgan fingerprint density at radius 3 is 2.94 bits per heavy atom. The molecule has 0 unspecified atom stereocenters. The summed E-state index contributed by atoms with van der Waals surface area (Å²) in [7, 11) is 0. The zero-order valence-corrected chi connectivity index (χ0v) is 9.75. The molecule has 0 atom stereocenters. The van der Waals surface area contributed by atoms with Crippen LogP contribution < -0.4 is 5.73 Å². The molecule has 16 heavy (non-hydrogen) atoms. The van der Waals surface area contributed by atoms with Crippen molar-refractivity contribution in [2.24, 2.45) is 5.73 Å². The van der Waals surface area contributed by atoms with Gasteiger partial charge in [0, 0.05) is 5.39 Å². The van der Waals surface area contributed by atoms with Crippen molar-refractivity contribution in [3.05, 3.63) is 35.9 Å². The van der Waals surface area contributed by atoms with Gasteiger partial charge in [-0.15, -0.1) is 0 Å². The van der Waals surface area contributed by atoms with Crippen LogP contribution in [0.4, 0.5) is 0 Å². The molecule has 3 nitrogen and oxygen atoms in total. The van der Waals surface area contributed by atoms with E-state index in [1.165, 1.54) is 11.8 Å². The number of amides is 1. The van der Waals surface area contributed by atoms with Crippen molar-refractivity contribution in [2.75, 3.05) is 5.75 Å². The predicted molar refractivity (Wildman–Crippen MR) is 66.4 cm³/mol. The average molecular weight is 232 g/mol. The van der Waals surface area contributed by atoms with Gasteiger partial charge in [-0.2, -0.15) is 0 Å². The number of benzene rings is 1. The molecule has 1 amide bonds. The van der Waals surface area contributed by atoms with Crippen LogP contribution >= 0.6 is 11.8 Å². The van der Waals surface area contributed by atoms with Gasteiger partial charge in [-0.1, -0.05) is 30.0 Å². The minimum absolute atomic E-state index is 0.269. The molecule has 0 aliphatic heterocycles. The first-order valence-corrected chi connectivity index (χ1v) is 5.93. The highest BCUT2D eigenvalue weighted by Gasteiger charge is 2.04. The Morgan fingerprint density at radius 1 is 1.44 bits per heavy atom. The lowest BCUT2D eigenvalue weighted by Crippen LogP contribution is -2.13. The number of nitrogens with zero attached hydrogens (tertiary/aromatic N) is 1. The number of thioether (sulfide) groups is 1. The Balaban J connectivity index is 2.38. The second-order valence-electron chi connectivity index (χ2n) is 3.55. The van der Waals surface area contributed by atoms with E-state index in [0.29, 0.717) is 0 Å². The maximum Gasteiger partial charge on any atom is 0.227 e. The van der Waals surface area contributed by atoms with E-state index in [1.54, 1.807) is 0 Å². The number of aromatic nitrogens is 1. The van der Waals surface area contributed by atoms with Crippen LogP contribution in [0.1, 0.15) is 5.56 Å². The zero-order chi connectivity index (χ0) is 11.5. The van der Waals surface area contributed by atoms with Crippen molar-refractivity contribution in [1.29, 1.82) is 0 Å². The van der Waals surface area contributed by atoms with Crippen molar-refractivity contribution < 1.29 is 4.79 Å². The van der Waals surface area contributed by atoms with Crippen molar-refractivity contribution in [1.82, 2.24) is 4.98 Å². The van der Waals surface area contributed by atoms with Gasteiger partial charge in [0.15, 0.2) is 0 Å². The summed E-state index contributed by atoms with van der Waals surface area (Å²) in [5.41, 5.74) is 7.22. The van der Waals surface area contributed by atoms with E-state index in [4.69, 9.17) is 5.73 Å². The summed E-state index contributed by atoms with van der Waals surface area (Å²) in [6.07, 6.45) is 0. The molecule has 0 aliphatic carbocycles. The zero-order valence-electron chi connectivity index (χ0n) is 8.93. The number of carbonyl (C=O) groups is 1. The van der Waals surface area contributed by atoms with Gasteiger partial charge in [0.25, 0.3) is 0 Å². The van der Waals surface area contributed by atoms with Crippen LogP contribution in [0.25, 0.3) is 10.9 Å². The first-order valence-electron chi connectivity index (χ1n) is 4.94. The monoisotopic (exact) mass is 232 g/mol. The molecule has 1 aromatic heterocycles. The number of fused-ring (bicyclic) bond motifs is 1. The third-order valence-electron chi connectivity index (χ3n) is 2.26. The number of hydrogen-bond donors (Lipinski definition) is 1. The van der Waals surface area contributed by atoms with Gasteiger partial charge in [-0.25, -0.2) is 4.98 Å². The van der Waals surface area contributed by atoms with E-state index in [1.807, 2.05) is 37.3 Å². The summed E-state index contributed by atoms with van der Waals surface area (Å²) in [6.45, 7) is 2.04. The Morgan fingerprint density at radius 2 is 2.19 bits per heavy atom. The van der Waals surface area contributed by atoms with E-state index in [9.17, 15) is 4.79 Å².